The van der Waals surface area contributed by atoms with E-state index in [9.17, 15) is 0 Å². The molecule has 0 heterocycles. The zero-order valence-corrected chi connectivity index (χ0v) is 12.0. The number of hydrogen-bond acceptors (Lipinski definition) is 5. The molecule has 114 valence electrons. The summed E-state index contributed by atoms with van der Waals surface area (Å²) in [6.45, 7) is 2.50. The summed E-state index contributed by atoms with van der Waals surface area (Å²) in [5, 5.41) is 24.2. The first-order valence-corrected chi connectivity index (χ1v) is 7.28. The molecule has 6 N–H and O–H groups in total. The molecular formula is C15H27N3O2. The minimum Gasteiger partial charge on any atom is -0.394 e. The summed E-state index contributed by atoms with van der Waals surface area (Å²) in [5.74, 6) is 0. The summed E-state index contributed by atoms with van der Waals surface area (Å²) in [7, 11) is 0. The molecule has 0 radical (unpaired) electrons. The Morgan fingerprint density at radius 2 is 1.85 bits per heavy atom. The highest BCUT2D eigenvalue weighted by molar-refractivity contribution is 5.44. The first-order chi connectivity index (χ1) is 9.76. The van der Waals surface area contributed by atoms with Crippen molar-refractivity contribution in [3.8, 4) is 0 Å². The topological polar surface area (TPSA) is 90.5 Å². The Kier molecular flexibility index (Phi) is 8.98. The molecule has 20 heavy (non-hydrogen) atoms. The monoisotopic (exact) mass is 281 g/mol. The number of hydrogen-bond donors (Lipinski definition) is 5. The number of benzene rings is 1. The number of aliphatic hydroxyl groups is 2. The van der Waals surface area contributed by atoms with Crippen molar-refractivity contribution in [2.45, 2.75) is 25.4 Å². The zero-order valence-electron chi connectivity index (χ0n) is 12.0. The predicted molar refractivity (Wildman–Crippen MR) is 82.9 cm³/mol. The van der Waals surface area contributed by atoms with Gasteiger partial charge in [0.15, 0.2) is 0 Å². The van der Waals surface area contributed by atoms with Gasteiger partial charge in [-0.15, -0.1) is 0 Å². The molecular weight excluding hydrogens is 254 g/mol. The highest BCUT2D eigenvalue weighted by atomic mass is 16.3. The minimum absolute atomic E-state index is 0.202. The standard InChI is InChI=1S/C15H27N3O2/c16-8-2-1-3-13-4-6-14(7-5-13)18-10-9-17-11-15(20)12-19/h4-7,15,17-20H,1-3,8-12,16H2/t15-/m1/s1. The van der Waals surface area contributed by atoms with E-state index in [0.717, 1.165) is 44.6 Å². The van der Waals surface area contributed by atoms with Crippen molar-refractivity contribution in [2.24, 2.45) is 5.73 Å². The third-order valence-electron chi connectivity index (χ3n) is 3.10. The maximum Gasteiger partial charge on any atom is 0.0894 e. The van der Waals surface area contributed by atoms with Crippen molar-refractivity contribution in [3.63, 3.8) is 0 Å². The normalized spacial score (nSPS) is 12.3. The van der Waals surface area contributed by atoms with Crippen LogP contribution in [0.1, 0.15) is 18.4 Å². The zero-order chi connectivity index (χ0) is 14.6. The molecule has 0 amide bonds. The second-order valence-corrected chi connectivity index (χ2v) is 4.91. The highest BCUT2D eigenvalue weighted by Crippen LogP contribution is 2.11. The summed E-state index contributed by atoms with van der Waals surface area (Å²) in [5.41, 5.74) is 7.91. The molecule has 0 fully saturated rings. The summed E-state index contributed by atoms with van der Waals surface area (Å²) < 4.78 is 0. The molecule has 1 atom stereocenters. The first kappa shape index (κ1) is 16.9. The van der Waals surface area contributed by atoms with Gasteiger partial charge in [-0.25, -0.2) is 0 Å². The van der Waals surface area contributed by atoms with Gasteiger partial charge < -0.3 is 26.6 Å². The van der Waals surface area contributed by atoms with Crippen LogP contribution < -0.4 is 16.4 Å². The quantitative estimate of drug-likeness (QED) is 0.377. The average molecular weight is 281 g/mol. The molecule has 0 bridgehead atoms. The van der Waals surface area contributed by atoms with E-state index >= 15 is 0 Å². The Hall–Kier alpha value is -1.14. The fraction of sp³-hybridized carbons (Fsp3) is 0.600. The number of unbranched alkanes of at least 4 members (excludes halogenated alkanes) is 1. The third-order valence-corrected chi connectivity index (χ3v) is 3.10. The predicted octanol–water partition coefficient (Wildman–Crippen LogP) is 0.323. The van der Waals surface area contributed by atoms with Gasteiger partial charge in [0.05, 0.1) is 12.7 Å². The lowest BCUT2D eigenvalue weighted by Crippen LogP contribution is -2.32. The van der Waals surface area contributed by atoms with E-state index in [1.54, 1.807) is 0 Å². The fourth-order valence-electron chi connectivity index (χ4n) is 1.89. The van der Waals surface area contributed by atoms with Gasteiger partial charge in [-0.05, 0) is 43.5 Å². The minimum atomic E-state index is -0.678. The number of aliphatic hydroxyl groups excluding tert-OH is 2. The second-order valence-electron chi connectivity index (χ2n) is 4.91. The van der Waals surface area contributed by atoms with Crippen molar-refractivity contribution in [3.05, 3.63) is 29.8 Å². The van der Waals surface area contributed by atoms with Crippen LogP contribution in [0, 0.1) is 0 Å². The lowest BCUT2D eigenvalue weighted by molar-refractivity contribution is 0.0949. The van der Waals surface area contributed by atoms with Gasteiger partial charge in [0.1, 0.15) is 0 Å². The summed E-state index contributed by atoms with van der Waals surface area (Å²) in [6, 6.07) is 8.45. The third kappa shape index (κ3) is 7.45. The summed E-state index contributed by atoms with van der Waals surface area (Å²) in [6.07, 6.45) is 2.62. The van der Waals surface area contributed by atoms with Crippen LogP contribution in [-0.4, -0.2) is 49.1 Å². The molecule has 1 aromatic rings. The molecule has 5 heteroatoms. The van der Waals surface area contributed by atoms with Gasteiger partial charge in [-0.2, -0.15) is 0 Å². The van der Waals surface area contributed by atoms with E-state index in [4.69, 9.17) is 15.9 Å². The van der Waals surface area contributed by atoms with Gasteiger partial charge in [0.25, 0.3) is 0 Å². The van der Waals surface area contributed by atoms with Crippen molar-refractivity contribution >= 4 is 5.69 Å². The summed E-state index contributed by atoms with van der Waals surface area (Å²) >= 11 is 0. The Labute approximate surface area is 121 Å². The molecule has 5 nitrogen and oxygen atoms in total. The van der Waals surface area contributed by atoms with E-state index in [-0.39, 0.29) is 6.61 Å². The van der Waals surface area contributed by atoms with Crippen LogP contribution in [0.25, 0.3) is 0 Å². The Bertz CT molecular complexity index is 343. The molecule has 0 saturated carbocycles. The second kappa shape index (κ2) is 10.6. The maximum atomic E-state index is 9.15. The highest BCUT2D eigenvalue weighted by Gasteiger charge is 1.99. The van der Waals surface area contributed by atoms with Gasteiger partial charge in [-0.3, -0.25) is 0 Å². The van der Waals surface area contributed by atoms with Crippen molar-refractivity contribution < 1.29 is 10.2 Å². The molecule has 0 aliphatic carbocycles. The average Bonchev–Trinajstić information content (AvgIpc) is 2.48. The molecule has 1 rings (SSSR count). The molecule has 0 aliphatic heterocycles. The number of rotatable bonds is 11. The van der Waals surface area contributed by atoms with E-state index in [0.29, 0.717) is 6.54 Å². The van der Waals surface area contributed by atoms with E-state index < -0.39 is 6.10 Å². The summed E-state index contributed by atoms with van der Waals surface area (Å²) in [4.78, 5) is 0. The number of nitrogens with one attached hydrogen (secondary N) is 2. The van der Waals surface area contributed by atoms with E-state index in [1.807, 2.05) is 0 Å². The molecule has 0 aromatic heterocycles. The van der Waals surface area contributed by atoms with E-state index in [2.05, 4.69) is 34.9 Å². The molecule has 0 saturated heterocycles. The van der Waals surface area contributed by atoms with Crippen LogP contribution in [0.15, 0.2) is 24.3 Å². The van der Waals surface area contributed by atoms with Crippen molar-refractivity contribution in [1.29, 1.82) is 0 Å². The van der Waals surface area contributed by atoms with Crippen LogP contribution in [0.5, 0.6) is 0 Å². The number of aryl methyl sites for hydroxylation is 1. The van der Waals surface area contributed by atoms with Crippen molar-refractivity contribution in [2.75, 3.05) is 38.1 Å². The van der Waals surface area contributed by atoms with Crippen LogP contribution in [0.3, 0.4) is 0 Å². The molecule has 0 aliphatic rings. The smallest absolute Gasteiger partial charge is 0.0894 e. The lowest BCUT2D eigenvalue weighted by Gasteiger charge is -2.10. The lowest BCUT2D eigenvalue weighted by atomic mass is 10.1. The molecule has 0 unspecified atom stereocenters. The van der Waals surface area contributed by atoms with Gasteiger partial charge in [0, 0.05) is 25.3 Å². The Morgan fingerprint density at radius 1 is 1.10 bits per heavy atom. The van der Waals surface area contributed by atoms with Gasteiger partial charge >= 0.3 is 0 Å². The Balaban J connectivity index is 2.14. The molecule has 0 spiro atoms. The SMILES string of the molecule is NCCCCc1ccc(NCCNC[C@@H](O)CO)cc1. The van der Waals surface area contributed by atoms with E-state index in [1.165, 1.54) is 5.56 Å². The molecule has 1 aromatic carbocycles. The van der Waals surface area contributed by atoms with Crippen LogP contribution >= 0.6 is 0 Å². The maximum absolute atomic E-state index is 9.15. The van der Waals surface area contributed by atoms with Crippen LogP contribution in [-0.2, 0) is 6.42 Å². The fourth-order valence-corrected chi connectivity index (χ4v) is 1.89. The number of nitrogens with two attached hydrogens (primary N) is 1. The largest absolute Gasteiger partial charge is 0.394 e. The van der Waals surface area contributed by atoms with Gasteiger partial charge in [0.2, 0.25) is 0 Å². The number of anilines is 1. The Morgan fingerprint density at radius 3 is 2.50 bits per heavy atom. The van der Waals surface area contributed by atoms with Crippen LogP contribution in [0.4, 0.5) is 5.69 Å². The first-order valence-electron chi connectivity index (χ1n) is 7.28. The van der Waals surface area contributed by atoms with Crippen LogP contribution in [0.2, 0.25) is 0 Å². The van der Waals surface area contributed by atoms with Crippen molar-refractivity contribution in [1.82, 2.24) is 5.32 Å². The van der Waals surface area contributed by atoms with Gasteiger partial charge in [-0.1, -0.05) is 12.1 Å².